The number of nitrogens with one attached hydrogen (secondary N) is 1. The van der Waals surface area contributed by atoms with Crippen molar-refractivity contribution in [2.24, 2.45) is 5.73 Å². The summed E-state index contributed by atoms with van der Waals surface area (Å²) in [6, 6.07) is 5.09. The zero-order valence-corrected chi connectivity index (χ0v) is 13.8. The maximum Gasteiger partial charge on any atom is 0.237 e. The van der Waals surface area contributed by atoms with E-state index in [2.05, 4.69) is 15.5 Å². The molecule has 0 saturated heterocycles. The quantitative estimate of drug-likeness (QED) is 0.774. The van der Waals surface area contributed by atoms with E-state index in [9.17, 15) is 4.79 Å². The van der Waals surface area contributed by atoms with Gasteiger partial charge in [-0.1, -0.05) is 19.4 Å². The van der Waals surface area contributed by atoms with E-state index in [-0.39, 0.29) is 11.9 Å². The van der Waals surface area contributed by atoms with E-state index < -0.39 is 6.04 Å². The lowest BCUT2D eigenvalue weighted by molar-refractivity contribution is -0.123. The summed E-state index contributed by atoms with van der Waals surface area (Å²) in [6.45, 7) is 2.02. The normalized spacial score (nSPS) is 14.0. The van der Waals surface area contributed by atoms with Crippen molar-refractivity contribution in [1.29, 1.82) is 0 Å². The van der Waals surface area contributed by atoms with Crippen molar-refractivity contribution in [3.63, 3.8) is 0 Å². The van der Waals surface area contributed by atoms with Gasteiger partial charge in [-0.15, -0.1) is 10.2 Å². The second kappa shape index (κ2) is 8.14. The fourth-order valence-electron chi connectivity index (χ4n) is 2.32. The summed E-state index contributed by atoms with van der Waals surface area (Å²) in [5, 5.41) is 11.4. The zero-order valence-electron chi connectivity index (χ0n) is 13.0. The van der Waals surface area contributed by atoms with Gasteiger partial charge in [0.2, 0.25) is 5.91 Å². The molecule has 0 fully saturated rings. The van der Waals surface area contributed by atoms with Gasteiger partial charge in [0.25, 0.3) is 0 Å². The molecule has 1 amide bonds. The van der Waals surface area contributed by atoms with Gasteiger partial charge in [-0.2, -0.15) is 11.8 Å². The van der Waals surface area contributed by atoms with Crippen LogP contribution in [0.5, 0.6) is 0 Å². The Labute approximate surface area is 134 Å². The minimum absolute atomic E-state index is 0.124. The predicted octanol–water partition coefficient (Wildman–Crippen LogP) is 1.77. The minimum atomic E-state index is -0.471. The van der Waals surface area contributed by atoms with Gasteiger partial charge in [0.15, 0.2) is 11.5 Å². The van der Waals surface area contributed by atoms with E-state index in [4.69, 9.17) is 5.73 Å². The Balaban J connectivity index is 2.20. The maximum atomic E-state index is 12.2. The highest BCUT2D eigenvalue weighted by molar-refractivity contribution is 7.98. The number of hydrogen-bond acceptors (Lipinski definition) is 5. The summed E-state index contributed by atoms with van der Waals surface area (Å²) >= 11 is 1.74. The molecule has 2 unspecified atom stereocenters. The lowest BCUT2D eigenvalue weighted by Gasteiger charge is -2.19. The first-order chi connectivity index (χ1) is 10.7. The largest absolute Gasteiger partial charge is 0.345 e. The van der Waals surface area contributed by atoms with Crippen LogP contribution in [0.1, 0.15) is 38.1 Å². The number of thioether (sulfide) groups is 1. The number of fused-ring (bicyclic) bond motifs is 1. The van der Waals surface area contributed by atoms with Crippen molar-refractivity contribution in [2.75, 3.05) is 12.0 Å². The average Bonchev–Trinajstić information content (AvgIpc) is 2.95. The van der Waals surface area contributed by atoms with Gasteiger partial charge < -0.3 is 11.1 Å². The first-order valence-electron chi connectivity index (χ1n) is 7.52. The summed E-state index contributed by atoms with van der Waals surface area (Å²) in [7, 11) is 0. The molecule has 0 saturated carbocycles. The molecule has 2 rings (SSSR count). The molecule has 2 heterocycles. The summed E-state index contributed by atoms with van der Waals surface area (Å²) in [6.07, 6.45) is 6.32. The summed E-state index contributed by atoms with van der Waals surface area (Å²) < 4.78 is 1.91. The van der Waals surface area contributed by atoms with E-state index in [1.807, 2.05) is 42.0 Å². The lowest BCUT2D eigenvalue weighted by Crippen LogP contribution is -2.42. The highest BCUT2D eigenvalue weighted by Gasteiger charge is 2.22. The second-order valence-electron chi connectivity index (χ2n) is 5.22. The molecule has 120 valence electrons. The lowest BCUT2D eigenvalue weighted by atomic mass is 10.1. The second-order valence-corrected chi connectivity index (χ2v) is 6.21. The standard InChI is InChI=1S/C15H23N5OS/c1-3-6-11(16)15(21)17-12(8-10-22-2)14-19-18-13-7-4-5-9-20(13)14/h4-5,7,9,11-12H,3,6,8,10,16H2,1-2H3,(H,17,21). The Morgan fingerprint density at radius 3 is 2.95 bits per heavy atom. The number of carbonyl (C=O) groups excluding carboxylic acids is 1. The topological polar surface area (TPSA) is 85.3 Å². The van der Waals surface area contributed by atoms with Gasteiger partial charge in [0, 0.05) is 6.20 Å². The summed E-state index contributed by atoms with van der Waals surface area (Å²) in [4.78, 5) is 12.2. The molecule has 2 aromatic rings. The van der Waals surface area contributed by atoms with E-state index in [0.29, 0.717) is 6.42 Å². The smallest absolute Gasteiger partial charge is 0.237 e. The Kier molecular flexibility index (Phi) is 6.21. The van der Waals surface area contributed by atoms with E-state index >= 15 is 0 Å². The average molecular weight is 321 g/mol. The van der Waals surface area contributed by atoms with Crippen molar-refractivity contribution in [2.45, 2.75) is 38.3 Å². The van der Waals surface area contributed by atoms with Crippen LogP contribution in [0.3, 0.4) is 0 Å². The zero-order chi connectivity index (χ0) is 15.9. The fraction of sp³-hybridized carbons (Fsp3) is 0.533. The Hall–Kier alpha value is -1.60. The predicted molar refractivity (Wildman–Crippen MR) is 89.8 cm³/mol. The molecule has 0 aliphatic rings. The van der Waals surface area contributed by atoms with Crippen LogP contribution < -0.4 is 11.1 Å². The SMILES string of the molecule is CCCC(N)C(=O)NC(CCSC)c1nnc2ccccn12. The molecule has 22 heavy (non-hydrogen) atoms. The number of pyridine rings is 1. The number of amides is 1. The van der Waals surface area contributed by atoms with Crippen LogP contribution in [0.25, 0.3) is 5.65 Å². The first kappa shape index (κ1) is 16.8. The Bertz CT molecular complexity index is 615. The first-order valence-corrected chi connectivity index (χ1v) is 8.91. The third-order valence-electron chi connectivity index (χ3n) is 3.52. The fourth-order valence-corrected chi connectivity index (χ4v) is 2.79. The van der Waals surface area contributed by atoms with E-state index in [1.54, 1.807) is 11.8 Å². The molecule has 0 bridgehead atoms. The van der Waals surface area contributed by atoms with Gasteiger partial charge >= 0.3 is 0 Å². The molecule has 7 heteroatoms. The molecule has 3 N–H and O–H groups in total. The number of hydrogen-bond donors (Lipinski definition) is 2. The van der Waals surface area contributed by atoms with Gasteiger partial charge in [-0.25, -0.2) is 0 Å². The van der Waals surface area contributed by atoms with Gasteiger partial charge in [0.1, 0.15) is 0 Å². The molecule has 0 aromatic carbocycles. The van der Waals surface area contributed by atoms with Gasteiger partial charge in [-0.05, 0) is 37.0 Å². The highest BCUT2D eigenvalue weighted by atomic mass is 32.2. The van der Waals surface area contributed by atoms with Crippen LogP contribution >= 0.6 is 11.8 Å². The van der Waals surface area contributed by atoms with Crippen LogP contribution in [0.4, 0.5) is 0 Å². The van der Waals surface area contributed by atoms with Crippen LogP contribution in [0.2, 0.25) is 0 Å². The van der Waals surface area contributed by atoms with Crippen LogP contribution in [0.15, 0.2) is 24.4 Å². The molecular formula is C15H23N5OS. The molecule has 2 atom stereocenters. The molecule has 0 aliphatic carbocycles. The number of carbonyl (C=O) groups is 1. The van der Waals surface area contributed by atoms with Crippen molar-refractivity contribution >= 4 is 23.3 Å². The van der Waals surface area contributed by atoms with E-state index in [0.717, 1.165) is 30.1 Å². The Morgan fingerprint density at radius 1 is 1.41 bits per heavy atom. The summed E-state index contributed by atoms with van der Waals surface area (Å²) in [5.74, 6) is 1.55. The summed E-state index contributed by atoms with van der Waals surface area (Å²) in [5.41, 5.74) is 6.69. The van der Waals surface area contributed by atoms with Crippen LogP contribution in [-0.2, 0) is 4.79 Å². The molecule has 2 aromatic heterocycles. The number of aromatic nitrogens is 3. The van der Waals surface area contributed by atoms with E-state index in [1.165, 1.54) is 0 Å². The molecule has 6 nitrogen and oxygen atoms in total. The Morgan fingerprint density at radius 2 is 2.23 bits per heavy atom. The molecule has 0 spiro atoms. The van der Waals surface area contributed by atoms with Gasteiger partial charge in [0.05, 0.1) is 12.1 Å². The number of nitrogens with two attached hydrogens (primary N) is 1. The maximum absolute atomic E-state index is 12.2. The molecular weight excluding hydrogens is 298 g/mol. The van der Waals surface area contributed by atoms with Gasteiger partial charge in [-0.3, -0.25) is 9.20 Å². The van der Waals surface area contributed by atoms with Crippen molar-refractivity contribution in [1.82, 2.24) is 19.9 Å². The monoisotopic (exact) mass is 321 g/mol. The number of rotatable bonds is 8. The third kappa shape index (κ3) is 3.98. The van der Waals surface area contributed by atoms with Crippen LogP contribution in [-0.4, -0.2) is 38.6 Å². The minimum Gasteiger partial charge on any atom is -0.345 e. The highest BCUT2D eigenvalue weighted by Crippen LogP contribution is 2.18. The molecule has 0 aliphatic heterocycles. The third-order valence-corrected chi connectivity index (χ3v) is 4.16. The number of nitrogens with zero attached hydrogens (tertiary/aromatic N) is 3. The van der Waals surface area contributed by atoms with Crippen LogP contribution in [0, 0.1) is 0 Å². The van der Waals surface area contributed by atoms with Crippen molar-refractivity contribution in [3.8, 4) is 0 Å². The van der Waals surface area contributed by atoms with Crippen molar-refractivity contribution in [3.05, 3.63) is 30.2 Å². The van der Waals surface area contributed by atoms with Crippen molar-refractivity contribution < 1.29 is 4.79 Å². The molecule has 0 radical (unpaired) electrons.